The number of hydrogen-bond donors (Lipinski definition) is 7. The van der Waals surface area contributed by atoms with Crippen molar-refractivity contribution >= 4 is 35.7 Å². The molecule has 42 heavy (non-hydrogen) atoms. The zero-order valence-corrected chi connectivity index (χ0v) is 22.5. The summed E-state index contributed by atoms with van der Waals surface area (Å²) in [5, 5.41) is 42.1. The summed E-state index contributed by atoms with van der Waals surface area (Å²) in [6.07, 6.45) is -4.92. The molecular formula is C23H28N7O11P. The molecule has 4 aromatic rings. The molecule has 0 radical (unpaired) electrons. The van der Waals surface area contributed by atoms with E-state index in [0.29, 0.717) is 16.6 Å². The lowest BCUT2D eigenvalue weighted by atomic mass is 10.1. The van der Waals surface area contributed by atoms with Crippen molar-refractivity contribution in [1.29, 1.82) is 0 Å². The van der Waals surface area contributed by atoms with Crippen LogP contribution >= 0.6 is 7.82 Å². The predicted molar refractivity (Wildman–Crippen MR) is 140 cm³/mol. The fourth-order valence-corrected chi connectivity index (χ4v) is 6.18. The highest BCUT2D eigenvalue weighted by atomic mass is 31.2. The summed E-state index contributed by atoms with van der Waals surface area (Å²) >= 11 is 0. The molecule has 2 saturated heterocycles. The third kappa shape index (κ3) is 5.01. The van der Waals surface area contributed by atoms with E-state index in [4.69, 9.17) is 24.3 Å². The van der Waals surface area contributed by atoms with E-state index in [0.717, 1.165) is 0 Å². The molecule has 1 unspecified atom stereocenters. The van der Waals surface area contributed by atoms with Crippen molar-refractivity contribution in [2.45, 2.75) is 55.5 Å². The first kappa shape index (κ1) is 28.8. The normalized spacial score (nSPS) is 31.3. The Kier molecular flexibility index (Phi) is 7.60. The maximum absolute atomic E-state index is 12.9. The van der Waals surface area contributed by atoms with E-state index in [1.165, 1.54) is 34.1 Å². The molecule has 4 aromatic heterocycles. The molecule has 2 fully saturated rings. The molecule has 0 spiro atoms. The molecule has 0 saturated carbocycles. The number of nitrogens with zero attached hydrogens (tertiary/aromatic N) is 5. The van der Waals surface area contributed by atoms with Crippen LogP contribution in [0.3, 0.4) is 0 Å². The molecule has 0 amide bonds. The highest BCUT2D eigenvalue weighted by Crippen LogP contribution is 2.49. The van der Waals surface area contributed by atoms with E-state index in [9.17, 15) is 34.7 Å². The summed E-state index contributed by atoms with van der Waals surface area (Å²) < 4.78 is 37.6. The van der Waals surface area contributed by atoms with E-state index in [2.05, 4.69) is 19.9 Å². The Hall–Kier alpha value is -3.29. The lowest BCUT2D eigenvalue weighted by Gasteiger charge is -2.24. The number of nitrogen functional groups attached to an aromatic ring is 1. The van der Waals surface area contributed by atoms with Crippen LogP contribution in [0.15, 0.2) is 42.0 Å². The first-order valence-electron chi connectivity index (χ1n) is 12.8. The summed E-state index contributed by atoms with van der Waals surface area (Å²) in [5.41, 5.74) is 6.11. The number of pyridine rings is 1. The van der Waals surface area contributed by atoms with Gasteiger partial charge in [-0.3, -0.25) is 13.8 Å². The van der Waals surface area contributed by atoms with Crippen molar-refractivity contribution in [1.82, 2.24) is 29.1 Å². The number of aliphatic hydroxyl groups excluding tert-OH is 4. The highest BCUT2D eigenvalue weighted by Gasteiger charge is 2.49. The van der Waals surface area contributed by atoms with E-state index in [1.807, 2.05) is 0 Å². The monoisotopic (exact) mass is 609 g/mol. The lowest BCUT2D eigenvalue weighted by molar-refractivity contribution is -0.0526. The number of phosphoric acid groups is 1. The number of nitrogens with one attached hydrogen (secondary N) is 1. The number of aromatic nitrogens is 6. The van der Waals surface area contributed by atoms with Gasteiger partial charge < -0.3 is 54.6 Å². The molecule has 0 aliphatic carbocycles. The van der Waals surface area contributed by atoms with Gasteiger partial charge in [0.1, 0.15) is 48.3 Å². The number of imidazole rings is 1. The van der Waals surface area contributed by atoms with Gasteiger partial charge in [0.2, 0.25) is 0 Å². The average Bonchev–Trinajstić information content (AvgIpc) is 3.71. The third-order valence-corrected chi connectivity index (χ3v) is 8.35. The van der Waals surface area contributed by atoms with Crippen molar-refractivity contribution < 1.29 is 48.4 Å². The first-order chi connectivity index (χ1) is 20.1. The maximum atomic E-state index is 12.9. The number of ether oxygens (including phenoxy) is 2. The lowest BCUT2D eigenvalue weighted by Crippen LogP contribution is -2.35. The number of anilines is 1. The summed E-state index contributed by atoms with van der Waals surface area (Å²) in [6.45, 7) is -1.07. The number of phosphoric ester groups is 1. The van der Waals surface area contributed by atoms with Gasteiger partial charge in [-0.15, -0.1) is 0 Å². The maximum Gasteiger partial charge on any atom is 0.472 e. The molecule has 2 aliphatic heterocycles. The second-order valence-electron chi connectivity index (χ2n) is 9.86. The number of aliphatic hydroxyl groups is 4. The van der Waals surface area contributed by atoms with Gasteiger partial charge in [0, 0.05) is 18.8 Å². The van der Waals surface area contributed by atoms with Crippen LogP contribution in [-0.4, -0.2) is 104 Å². The topological polar surface area (TPSA) is 263 Å². The molecule has 226 valence electrons. The van der Waals surface area contributed by atoms with Gasteiger partial charge in [-0.25, -0.2) is 19.5 Å². The van der Waals surface area contributed by atoms with Crippen molar-refractivity contribution in [2.24, 2.45) is 0 Å². The summed E-state index contributed by atoms with van der Waals surface area (Å²) in [4.78, 5) is 37.1. The molecule has 9 atom stereocenters. The Labute approximate surface area is 235 Å². The molecule has 0 aromatic carbocycles. The summed E-state index contributed by atoms with van der Waals surface area (Å²) in [7, 11) is -4.88. The Morgan fingerprint density at radius 3 is 2.62 bits per heavy atom. The van der Waals surface area contributed by atoms with E-state index in [1.54, 1.807) is 12.3 Å². The van der Waals surface area contributed by atoms with E-state index >= 15 is 0 Å². The van der Waals surface area contributed by atoms with Gasteiger partial charge in [-0.1, -0.05) is 0 Å². The fourth-order valence-electron chi connectivity index (χ4n) is 5.25. The van der Waals surface area contributed by atoms with Gasteiger partial charge in [0.05, 0.1) is 36.5 Å². The Morgan fingerprint density at radius 1 is 1.05 bits per heavy atom. The largest absolute Gasteiger partial charge is 0.472 e. The van der Waals surface area contributed by atoms with Gasteiger partial charge in [0.25, 0.3) is 5.56 Å². The smallest absolute Gasteiger partial charge is 0.394 e. The van der Waals surface area contributed by atoms with Crippen LogP contribution in [0.5, 0.6) is 0 Å². The third-order valence-electron chi connectivity index (χ3n) is 7.33. The number of H-pyrrole nitrogens is 1. The van der Waals surface area contributed by atoms with Gasteiger partial charge in [-0.05, 0) is 12.1 Å². The van der Waals surface area contributed by atoms with Crippen molar-refractivity contribution in [3.8, 4) is 0 Å². The Balaban J connectivity index is 1.13. The van der Waals surface area contributed by atoms with Crippen molar-refractivity contribution in [3.63, 3.8) is 0 Å². The standard InChI is InChI=1S/C23H28N7O11P/c24-19-10-2-5-29(20(10)27-8-26-19)22-17(34)15(32)12(39-22)3-6-38-42(36,37)41-18-16(33)13(7-31)40-23(18)30-9-28-14-11(30)1-4-25-21(14)35/h1-2,4-5,8-9,12-13,15-18,22-23,31-34H,3,6-7H2,(H,25,35)(H,36,37)(H2,24,26,27)/t12-,13-,15-,16-,17-,18-,22-,23-/m1/s1. The van der Waals surface area contributed by atoms with Gasteiger partial charge in [-0.2, -0.15) is 0 Å². The average molecular weight is 609 g/mol. The molecule has 2 aliphatic rings. The molecule has 18 nitrogen and oxygen atoms in total. The van der Waals surface area contributed by atoms with Crippen molar-refractivity contribution in [3.05, 3.63) is 47.5 Å². The highest BCUT2D eigenvalue weighted by molar-refractivity contribution is 7.47. The quantitative estimate of drug-likeness (QED) is 0.107. The number of rotatable bonds is 9. The van der Waals surface area contributed by atoms with E-state index < -0.39 is 75.7 Å². The van der Waals surface area contributed by atoms with Crippen LogP contribution in [0.25, 0.3) is 22.1 Å². The molecule has 0 bridgehead atoms. The van der Waals surface area contributed by atoms with Crippen LogP contribution in [0, 0.1) is 0 Å². The fraction of sp³-hybridized carbons (Fsp3) is 0.478. The molecular weight excluding hydrogens is 581 g/mol. The Bertz CT molecular complexity index is 1690. The van der Waals surface area contributed by atoms with Crippen LogP contribution < -0.4 is 11.3 Å². The van der Waals surface area contributed by atoms with Gasteiger partial charge in [0.15, 0.2) is 18.0 Å². The Morgan fingerprint density at radius 2 is 1.83 bits per heavy atom. The summed E-state index contributed by atoms with van der Waals surface area (Å²) in [6, 6.07) is 3.16. The number of hydrogen-bond acceptors (Lipinski definition) is 14. The predicted octanol–water partition coefficient (Wildman–Crippen LogP) is -1.49. The molecule has 6 heterocycles. The summed E-state index contributed by atoms with van der Waals surface area (Å²) in [5.74, 6) is 0.232. The minimum absolute atomic E-state index is 0.0599. The zero-order chi connectivity index (χ0) is 29.8. The molecule has 6 rings (SSSR count). The van der Waals surface area contributed by atoms with Crippen LogP contribution in [0.1, 0.15) is 18.9 Å². The zero-order valence-electron chi connectivity index (χ0n) is 21.7. The van der Waals surface area contributed by atoms with Gasteiger partial charge >= 0.3 is 7.82 Å². The number of nitrogens with two attached hydrogens (primary N) is 1. The minimum Gasteiger partial charge on any atom is -0.394 e. The molecule has 8 N–H and O–H groups in total. The van der Waals surface area contributed by atoms with Crippen molar-refractivity contribution in [2.75, 3.05) is 18.9 Å². The number of aromatic amines is 1. The second kappa shape index (κ2) is 11.1. The van der Waals surface area contributed by atoms with Crippen LogP contribution in [0.2, 0.25) is 0 Å². The minimum atomic E-state index is -4.88. The molecule has 19 heteroatoms. The van der Waals surface area contributed by atoms with E-state index in [-0.39, 0.29) is 17.8 Å². The second-order valence-corrected chi connectivity index (χ2v) is 11.3. The SMILES string of the molecule is Nc1ncnc2c1ccn2[C@@H]1O[C@H](CCOP(=O)(O)O[C@@H]2[C@H](O)[C@@H](CO)O[C@H]2n2cnc3c(=O)[nH]ccc32)[C@@H](O)[C@H]1O. The van der Waals surface area contributed by atoms with Crippen LogP contribution in [-0.2, 0) is 23.1 Å². The number of fused-ring (bicyclic) bond motifs is 2. The first-order valence-corrected chi connectivity index (χ1v) is 14.3. The van der Waals surface area contributed by atoms with Crippen LogP contribution in [0.4, 0.5) is 5.82 Å².